The zero-order chi connectivity index (χ0) is 12.5. The third-order valence-corrected chi connectivity index (χ3v) is 2.17. The average molecular weight is 234 g/mol. The Bertz CT molecular complexity index is 432. The smallest absolute Gasteiger partial charge is 0.310 e. The van der Waals surface area contributed by atoms with E-state index in [1.807, 2.05) is 0 Å². The molecule has 16 heavy (non-hydrogen) atoms. The SMILES string of the molecule is COc1c(F)cc(F)c(F)c1C(C)C(=O)O. The number of benzene rings is 1. The normalized spacial score (nSPS) is 12.3. The average Bonchev–Trinajstić information content (AvgIpc) is 2.21. The van der Waals surface area contributed by atoms with Crippen LogP contribution in [0.4, 0.5) is 13.2 Å². The molecule has 0 saturated heterocycles. The third kappa shape index (κ3) is 1.95. The number of carboxylic acids is 1. The molecule has 1 aromatic rings. The van der Waals surface area contributed by atoms with Gasteiger partial charge in [0.05, 0.1) is 13.0 Å². The van der Waals surface area contributed by atoms with Crippen LogP contribution >= 0.6 is 0 Å². The number of hydrogen-bond donors (Lipinski definition) is 1. The number of halogens is 3. The first-order valence-corrected chi connectivity index (χ1v) is 4.34. The maximum Gasteiger partial charge on any atom is 0.310 e. The lowest BCUT2D eigenvalue weighted by Gasteiger charge is -2.14. The van der Waals surface area contributed by atoms with Crippen molar-refractivity contribution < 1.29 is 27.8 Å². The van der Waals surface area contributed by atoms with Gasteiger partial charge >= 0.3 is 5.97 Å². The molecule has 88 valence electrons. The lowest BCUT2D eigenvalue weighted by atomic mass is 9.99. The van der Waals surface area contributed by atoms with Gasteiger partial charge < -0.3 is 9.84 Å². The summed E-state index contributed by atoms with van der Waals surface area (Å²) in [6.07, 6.45) is 0. The third-order valence-electron chi connectivity index (χ3n) is 2.17. The van der Waals surface area contributed by atoms with E-state index < -0.39 is 40.7 Å². The van der Waals surface area contributed by atoms with E-state index in [-0.39, 0.29) is 0 Å². The van der Waals surface area contributed by atoms with Gasteiger partial charge in [-0.05, 0) is 6.92 Å². The molecule has 6 heteroatoms. The molecule has 0 amide bonds. The summed E-state index contributed by atoms with van der Waals surface area (Å²) in [5.74, 6) is -7.38. The molecule has 1 atom stereocenters. The molecular formula is C10H9F3O3. The Balaban J connectivity index is 3.50. The Hall–Kier alpha value is -1.72. The fraction of sp³-hybridized carbons (Fsp3) is 0.300. The molecule has 0 aromatic heterocycles. The van der Waals surface area contributed by atoms with Crippen LogP contribution in [0.3, 0.4) is 0 Å². The summed E-state index contributed by atoms with van der Waals surface area (Å²) in [5.41, 5.74) is -0.632. The molecule has 1 N–H and O–H groups in total. The van der Waals surface area contributed by atoms with Gasteiger partial charge in [-0.25, -0.2) is 13.2 Å². The van der Waals surface area contributed by atoms with Crippen LogP contribution < -0.4 is 4.74 Å². The zero-order valence-electron chi connectivity index (χ0n) is 8.55. The van der Waals surface area contributed by atoms with Gasteiger partial charge in [-0.15, -0.1) is 0 Å². The lowest BCUT2D eigenvalue weighted by molar-refractivity contribution is -0.138. The second kappa shape index (κ2) is 4.42. The molecule has 0 aliphatic carbocycles. The van der Waals surface area contributed by atoms with Crippen LogP contribution in [0.15, 0.2) is 6.07 Å². The predicted octanol–water partition coefficient (Wildman–Crippen LogP) is 2.30. The first-order chi connectivity index (χ1) is 7.40. The Morgan fingerprint density at radius 1 is 1.38 bits per heavy atom. The van der Waals surface area contributed by atoms with E-state index >= 15 is 0 Å². The van der Waals surface area contributed by atoms with Crippen LogP contribution in [0.25, 0.3) is 0 Å². The fourth-order valence-electron chi connectivity index (χ4n) is 1.31. The van der Waals surface area contributed by atoms with Crippen LogP contribution in [-0.4, -0.2) is 18.2 Å². The molecule has 3 nitrogen and oxygen atoms in total. The van der Waals surface area contributed by atoms with E-state index in [0.717, 1.165) is 14.0 Å². The van der Waals surface area contributed by atoms with Gasteiger partial charge in [0.2, 0.25) is 0 Å². The van der Waals surface area contributed by atoms with Crippen LogP contribution in [0, 0.1) is 17.5 Å². The number of ether oxygens (including phenoxy) is 1. The summed E-state index contributed by atoms with van der Waals surface area (Å²) < 4.78 is 44.0. The Morgan fingerprint density at radius 2 is 1.94 bits per heavy atom. The molecule has 0 saturated carbocycles. The lowest BCUT2D eigenvalue weighted by Crippen LogP contribution is -2.13. The minimum absolute atomic E-state index is 0.312. The Morgan fingerprint density at radius 3 is 2.38 bits per heavy atom. The van der Waals surface area contributed by atoms with Crippen molar-refractivity contribution in [2.24, 2.45) is 0 Å². The van der Waals surface area contributed by atoms with Crippen molar-refractivity contribution in [1.82, 2.24) is 0 Å². The number of hydrogen-bond acceptors (Lipinski definition) is 2. The number of methoxy groups -OCH3 is 1. The number of aliphatic carboxylic acids is 1. The molecule has 1 rings (SSSR count). The molecule has 0 spiro atoms. The van der Waals surface area contributed by atoms with Crippen molar-refractivity contribution in [3.8, 4) is 5.75 Å². The highest BCUT2D eigenvalue weighted by Crippen LogP contribution is 2.33. The molecule has 0 bridgehead atoms. The molecule has 0 fully saturated rings. The summed E-state index contributed by atoms with van der Waals surface area (Å²) in [6.45, 7) is 1.11. The zero-order valence-corrected chi connectivity index (χ0v) is 8.55. The van der Waals surface area contributed by atoms with Gasteiger partial charge in [-0.3, -0.25) is 4.79 Å². The molecule has 0 radical (unpaired) electrons. The number of carboxylic acid groups (broad SMARTS) is 1. The van der Waals surface area contributed by atoms with E-state index in [1.165, 1.54) is 0 Å². The quantitative estimate of drug-likeness (QED) is 0.816. The molecular weight excluding hydrogens is 225 g/mol. The predicted molar refractivity (Wildman–Crippen MR) is 48.9 cm³/mol. The highest BCUT2D eigenvalue weighted by Gasteiger charge is 2.27. The maximum absolute atomic E-state index is 13.4. The van der Waals surface area contributed by atoms with E-state index in [2.05, 4.69) is 4.74 Å². The largest absolute Gasteiger partial charge is 0.493 e. The fourth-order valence-corrected chi connectivity index (χ4v) is 1.31. The van der Waals surface area contributed by atoms with Gasteiger partial charge in [-0.2, -0.15) is 0 Å². The van der Waals surface area contributed by atoms with Crippen molar-refractivity contribution >= 4 is 5.97 Å². The van der Waals surface area contributed by atoms with Crippen LogP contribution in [0.2, 0.25) is 0 Å². The minimum Gasteiger partial charge on any atom is -0.493 e. The van der Waals surface area contributed by atoms with Crippen LogP contribution in [-0.2, 0) is 4.79 Å². The van der Waals surface area contributed by atoms with Crippen molar-refractivity contribution in [3.63, 3.8) is 0 Å². The molecule has 0 heterocycles. The standard InChI is InChI=1S/C10H9F3O3/c1-4(10(14)15)7-8(13)5(11)3-6(12)9(7)16-2/h3-4H,1-2H3,(H,14,15). The highest BCUT2D eigenvalue weighted by atomic mass is 19.2. The van der Waals surface area contributed by atoms with Crippen LogP contribution in [0.5, 0.6) is 5.75 Å². The molecule has 1 unspecified atom stereocenters. The van der Waals surface area contributed by atoms with Crippen molar-refractivity contribution in [1.29, 1.82) is 0 Å². The van der Waals surface area contributed by atoms with Crippen LogP contribution in [0.1, 0.15) is 18.4 Å². The molecule has 0 aliphatic heterocycles. The van der Waals surface area contributed by atoms with E-state index in [9.17, 15) is 18.0 Å². The van der Waals surface area contributed by atoms with Crippen molar-refractivity contribution in [2.75, 3.05) is 7.11 Å². The Kier molecular flexibility index (Phi) is 3.41. The minimum atomic E-state index is -1.44. The van der Waals surface area contributed by atoms with Crippen molar-refractivity contribution in [3.05, 3.63) is 29.1 Å². The monoisotopic (exact) mass is 234 g/mol. The second-order valence-corrected chi connectivity index (χ2v) is 3.16. The summed E-state index contributed by atoms with van der Waals surface area (Å²) in [6, 6.07) is 0.312. The first-order valence-electron chi connectivity index (χ1n) is 4.34. The van der Waals surface area contributed by atoms with Gasteiger partial charge in [0, 0.05) is 11.6 Å². The van der Waals surface area contributed by atoms with Crippen molar-refractivity contribution in [2.45, 2.75) is 12.8 Å². The maximum atomic E-state index is 13.4. The van der Waals surface area contributed by atoms with E-state index in [0.29, 0.717) is 6.07 Å². The van der Waals surface area contributed by atoms with Gasteiger partial charge in [0.15, 0.2) is 23.2 Å². The number of rotatable bonds is 3. The van der Waals surface area contributed by atoms with Gasteiger partial charge in [0.25, 0.3) is 0 Å². The Labute approximate surface area is 89.5 Å². The summed E-state index contributed by atoms with van der Waals surface area (Å²) >= 11 is 0. The number of carbonyl (C=O) groups is 1. The topological polar surface area (TPSA) is 46.5 Å². The summed E-state index contributed by atoms with van der Waals surface area (Å²) in [5, 5.41) is 8.69. The summed E-state index contributed by atoms with van der Waals surface area (Å²) in [4.78, 5) is 10.7. The van der Waals surface area contributed by atoms with E-state index in [4.69, 9.17) is 5.11 Å². The highest BCUT2D eigenvalue weighted by molar-refractivity contribution is 5.76. The summed E-state index contributed by atoms with van der Waals surface area (Å²) in [7, 11) is 1.05. The second-order valence-electron chi connectivity index (χ2n) is 3.16. The van der Waals surface area contributed by atoms with Gasteiger partial charge in [-0.1, -0.05) is 0 Å². The van der Waals surface area contributed by atoms with E-state index in [1.54, 1.807) is 0 Å². The molecule has 1 aromatic carbocycles. The van der Waals surface area contributed by atoms with Gasteiger partial charge in [0.1, 0.15) is 0 Å². The molecule has 0 aliphatic rings. The first kappa shape index (κ1) is 12.4.